The van der Waals surface area contributed by atoms with Gasteiger partial charge in [-0.05, 0) is 67.0 Å². The van der Waals surface area contributed by atoms with Crippen molar-refractivity contribution in [3.63, 3.8) is 0 Å². The van der Waals surface area contributed by atoms with Gasteiger partial charge in [0, 0.05) is 44.3 Å². The zero-order valence-corrected chi connectivity index (χ0v) is 23.2. The Labute approximate surface area is 231 Å². The predicted octanol–water partition coefficient (Wildman–Crippen LogP) is 5.46. The van der Waals surface area contributed by atoms with Gasteiger partial charge < -0.3 is 20.2 Å². The number of carbonyl (C=O) groups is 2. The van der Waals surface area contributed by atoms with Crippen LogP contribution in [0.25, 0.3) is 6.08 Å². The summed E-state index contributed by atoms with van der Waals surface area (Å²) < 4.78 is 0. The minimum Gasteiger partial charge on any atom is -0.508 e. The molecule has 2 aromatic carbocycles. The Morgan fingerprint density at radius 1 is 1.05 bits per heavy atom. The fourth-order valence-electron chi connectivity index (χ4n) is 5.70. The summed E-state index contributed by atoms with van der Waals surface area (Å²) in [6.45, 7) is 7.73. The van der Waals surface area contributed by atoms with E-state index in [1.165, 1.54) is 6.07 Å². The minimum atomic E-state index is -0.111. The monoisotopic (exact) mass is 537 g/mol. The maximum absolute atomic E-state index is 13.3. The van der Waals surface area contributed by atoms with E-state index < -0.39 is 0 Å². The van der Waals surface area contributed by atoms with Crippen LogP contribution in [0.1, 0.15) is 63.0 Å². The van der Waals surface area contributed by atoms with E-state index in [4.69, 9.17) is 11.6 Å². The lowest BCUT2D eigenvalue weighted by Gasteiger charge is -2.42. The molecule has 4 rings (SSSR count). The molecule has 2 fully saturated rings. The second-order valence-electron chi connectivity index (χ2n) is 10.7. The second kappa shape index (κ2) is 13.3. The molecule has 0 spiro atoms. The van der Waals surface area contributed by atoms with Gasteiger partial charge in [0.05, 0.1) is 10.9 Å². The largest absolute Gasteiger partial charge is 0.508 e. The number of hydrogen-bond acceptors (Lipinski definition) is 4. The second-order valence-corrected chi connectivity index (χ2v) is 11.1. The Bertz CT molecular complexity index is 1110. The Balaban J connectivity index is 1.23. The van der Waals surface area contributed by atoms with Gasteiger partial charge in [0.1, 0.15) is 5.75 Å². The van der Waals surface area contributed by atoms with E-state index >= 15 is 0 Å². The number of piperidine rings is 2. The standard InChI is InChI=1S/C31H40ClN3O3/c1-3-22(2)30(24-7-5-4-6-8-24)31(38)33-25-13-17-34(18-14-25)26-15-19-35(20-16-26)29(37)12-10-23-9-11-27(36)21-28(23)32/h4-12,21-22,25-26,30,36H,3,13-20H2,1-2H3,(H,33,38)/b12-10+. The van der Waals surface area contributed by atoms with Crippen molar-refractivity contribution in [2.24, 2.45) is 5.92 Å². The van der Waals surface area contributed by atoms with E-state index in [2.05, 4.69) is 36.2 Å². The normalized spacial score (nSPS) is 19.4. The third-order valence-electron chi connectivity index (χ3n) is 8.21. The molecule has 0 aromatic heterocycles. The molecule has 0 aliphatic carbocycles. The first-order valence-electron chi connectivity index (χ1n) is 13.9. The number of nitrogens with one attached hydrogen (secondary N) is 1. The molecule has 2 aromatic rings. The molecule has 6 nitrogen and oxygen atoms in total. The van der Waals surface area contributed by atoms with Gasteiger partial charge in [-0.25, -0.2) is 0 Å². The number of phenolic OH excluding ortho intramolecular Hbond substituents is 1. The summed E-state index contributed by atoms with van der Waals surface area (Å²) in [5.74, 6) is 0.425. The Kier molecular flexibility index (Phi) is 9.86. The van der Waals surface area contributed by atoms with Crippen LogP contribution in [0.2, 0.25) is 5.02 Å². The molecule has 2 aliphatic rings. The quantitative estimate of drug-likeness (QED) is 0.439. The molecule has 2 amide bonds. The number of phenols is 1. The summed E-state index contributed by atoms with van der Waals surface area (Å²) in [6.07, 6.45) is 8.08. The van der Waals surface area contributed by atoms with Crippen LogP contribution in [0.4, 0.5) is 0 Å². The van der Waals surface area contributed by atoms with E-state index in [9.17, 15) is 14.7 Å². The molecular formula is C31H40ClN3O3. The van der Waals surface area contributed by atoms with E-state index in [1.807, 2.05) is 23.1 Å². The number of hydrogen-bond donors (Lipinski definition) is 2. The molecule has 2 heterocycles. The molecule has 0 saturated carbocycles. The number of rotatable bonds is 8. The highest BCUT2D eigenvalue weighted by molar-refractivity contribution is 6.32. The summed E-state index contributed by atoms with van der Waals surface area (Å²) in [4.78, 5) is 30.4. The smallest absolute Gasteiger partial charge is 0.246 e. The topological polar surface area (TPSA) is 72.9 Å². The van der Waals surface area contributed by atoms with Crippen LogP contribution in [-0.2, 0) is 9.59 Å². The van der Waals surface area contributed by atoms with Crippen LogP contribution in [0.5, 0.6) is 5.75 Å². The Morgan fingerprint density at radius 3 is 2.37 bits per heavy atom. The lowest BCUT2D eigenvalue weighted by molar-refractivity contribution is -0.127. The molecule has 2 aliphatic heterocycles. The van der Waals surface area contributed by atoms with Gasteiger partial charge in [0.15, 0.2) is 0 Å². The van der Waals surface area contributed by atoms with Crippen LogP contribution in [0, 0.1) is 5.92 Å². The zero-order chi connectivity index (χ0) is 27.1. The van der Waals surface area contributed by atoms with E-state index in [0.29, 0.717) is 22.5 Å². The van der Waals surface area contributed by atoms with Crippen molar-refractivity contribution in [2.45, 2.75) is 64.0 Å². The highest BCUT2D eigenvalue weighted by atomic mass is 35.5. The highest BCUT2D eigenvalue weighted by Crippen LogP contribution is 2.28. The fourth-order valence-corrected chi connectivity index (χ4v) is 5.94. The maximum atomic E-state index is 13.3. The summed E-state index contributed by atoms with van der Waals surface area (Å²) in [5, 5.41) is 13.3. The fraction of sp³-hybridized carbons (Fsp3) is 0.484. The number of aromatic hydroxyl groups is 1. The minimum absolute atomic E-state index is 0.0108. The number of amides is 2. The molecular weight excluding hydrogens is 498 g/mol. The molecule has 0 bridgehead atoms. The molecule has 204 valence electrons. The molecule has 7 heteroatoms. The molecule has 2 atom stereocenters. The summed E-state index contributed by atoms with van der Waals surface area (Å²) in [7, 11) is 0. The third-order valence-corrected chi connectivity index (χ3v) is 8.54. The van der Waals surface area contributed by atoms with E-state index in [1.54, 1.807) is 24.3 Å². The average molecular weight is 538 g/mol. The van der Waals surface area contributed by atoms with Crippen LogP contribution >= 0.6 is 11.6 Å². The van der Waals surface area contributed by atoms with Crippen molar-refractivity contribution in [3.05, 3.63) is 70.8 Å². The zero-order valence-electron chi connectivity index (χ0n) is 22.5. The van der Waals surface area contributed by atoms with Gasteiger partial charge in [-0.1, -0.05) is 62.2 Å². The average Bonchev–Trinajstić information content (AvgIpc) is 2.93. The number of nitrogens with zero attached hydrogens (tertiary/aromatic N) is 2. The molecule has 0 radical (unpaired) electrons. The number of benzene rings is 2. The van der Waals surface area contributed by atoms with Crippen molar-refractivity contribution in [1.29, 1.82) is 0 Å². The Morgan fingerprint density at radius 2 is 1.74 bits per heavy atom. The van der Waals surface area contributed by atoms with Crippen LogP contribution in [-0.4, -0.2) is 65.0 Å². The molecule has 2 N–H and O–H groups in total. The van der Waals surface area contributed by atoms with Crippen LogP contribution < -0.4 is 5.32 Å². The van der Waals surface area contributed by atoms with E-state index in [-0.39, 0.29) is 29.5 Å². The third kappa shape index (κ3) is 7.17. The molecule has 38 heavy (non-hydrogen) atoms. The van der Waals surface area contributed by atoms with Crippen molar-refractivity contribution < 1.29 is 14.7 Å². The van der Waals surface area contributed by atoms with Gasteiger partial charge in [0.2, 0.25) is 11.8 Å². The summed E-state index contributed by atoms with van der Waals surface area (Å²) >= 11 is 6.14. The summed E-state index contributed by atoms with van der Waals surface area (Å²) in [6, 6.07) is 15.6. The number of likely N-dealkylation sites (tertiary alicyclic amines) is 2. The van der Waals surface area contributed by atoms with Gasteiger partial charge in [-0.15, -0.1) is 0 Å². The lowest BCUT2D eigenvalue weighted by atomic mass is 9.84. The SMILES string of the molecule is CCC(C)C(C(=O)NC1CCN(C2CCN(C(=O)/C=C/c3ccc(O)cc3Cl)CC2)CC1)c1ccccc1. The van der Waals surface area contributed by atoms with Crippen LogP contribution in [0.15, 0.2) is 54.6 Å². The van der Waals surface area contributed by atoms with Crippen molar-refractivity contribution >= 4 is 29.5 Å². The maximum Gasteiger partial charge on any atom is 0.246 e. The van der Waals surface area contributed by atoms with Crippen molar-refractivity contribution in [2.75, 3.05) is 26.2 Å². The van der Waals surface area contributed by atoms with Crippen LogP contribution in [0.3, 0.4) is 0 Å². The summed E-state index contributed by atoms with van der Waals surface area (Å²) in [5.41, 5.74) is 1.81. The predicted molar refractivity (Wildman–Crippen MR) is 153 cm³/mol. The Hall–Kier alpha value is -2.83. The first-order valence-corrected chi connectivity index (χ1v) is 14.3. The molecule has 2 saturated heterocycles. The number of carbonyl (C=O) groups excluding carboxylic acids is 2. The van der Waals surface area contributed by atoms with Gasteiger partial charge >= 0.3 is 0 Å². The number of halogens is 1. The van der Waals surface area contributed by atoms with Crippen molar-refractivity contribution in [3.8, 4) is 5.75 Å². The first-order chi connectivity index (χ1) is 18.4. The van der Waals surface area contributed by atoms with Gasteiger partial charge in [-0.3, -0.25) is 9.59 Å². The van der Waals surface area contributed by atoms with Gasteiger partial charge in [-0.2, -0.15) is 0 Å². The van der Waals surface area contributed by atoms with Crippen molar-refractivity contribution in [1.82, 2.24) is 15.1 Å². The molecule has 2 unspecified atom stereocenters. The highest BCUT2D eigenvalue weighted by Gasteiger charge is 2.32. The van der Waals surface area contributed by atoms with E-state index in [0.717, 1.165) is 63.8 Å². The lowest BCUT2D eigenvalue weighted by Crippen LogP contribution is -2.52. The first kappa shape index (κ1) is 28.2. The van der Waals surface area contributed by atoms with Gasteiger partial charge in [0.25, 0.3) is 0 Å².